The van der Waals surface area contributed by atoms with E-state index in [2.05, 4.69) is 0 Å². The lowest BCUT2D eigenvalue weighted by Gasteiger charge is -2.19. The molecule has 0 radical (unpaired) electrons. The summed E-state index contributed by atoms with van der Waals surface area (Å²) < 4.78 is 25.0. The summed E-state index contributed by atoms with van der Waals surface area (Å²) >= 11 is 0. The molecule has 4 heteroatoms. The minimum atomic E-state index is -1.22. The summed E-state index contributed by atoms with van der Waals surface area (Å²) in [6.45, 7) is 3.90. The van der Waals surface area contributed by atoms with Crippen molar-refractivity contribution in [3.05, 3.63) is 47.5 Å². The average Bonchev–Trinajstić information content (AvgIpc) is 2.36. The summed E-state index contributed by atoms with van der Waals surface area (Å²) in [7, 11) is -2.44. The van der Waals surface area contributed by atoms with Crippen LogP contribution in [0.15, 0.2) is 56.0 Å². The van der Waals surface area contributed by atoms with Gasteiger partial charge in [-0.1, -0.05) is 12.1 Å². The topological polar surface area (TPSA) is 34.1 Å². The van der Waals surface area contributed by atoms with Gasteiger partial charge in [-0.25, -0.2) is 8.42 Å². The molecule has 0 amide bonds. The highest BCUT2D eigenvalue weighted by Gasteiger charge is 2.27. The Morgan fingerprint density at radius 1 is 0.667 bits per heavy atom. The maximum Gasteiger partial charge on any atom is 0.0874 e. The molecule has 2 atom stereocenters. The van der Waals surface area contributed by atoms with Crippen LogP contribution in [0.5, 0.6) is 0 Å². The molecule has 0 spiro atoms. The van der Waals surface area contributed by atoms with Crippen molar-refractivity contribution in [2.24, 2.45) is 0 Å². The molecule has 0 saturated heterocycles. The predicted octanol–water partition coefficient (Wildman–Crippen LogP) is 2.95. The zero-order chi connectivity index (χ0) is 12.9. The van der Waals surface area contributed by atoms with Gasteiger partial charge in [0.1, 0.15) is 0 Å². The second-order valence-electron chi connectivity index (χ2n) is 4.44. The standard InChI is InChI=1S/C14H12O2S2/c1-9-3-5-11-13(7-9)17(15)12-6-4-10(2)8-14(12)18(11)16/h3-8H,1-2H3. The van der Waals surface area contributed by atoms with Crippen LogP contribution in [-0.4, -0.2) is 8.42 Å². The molecule has 0 saturated carbocycles. The van der Waals surface area contributed by atoms with Crippen molar-refractivity contribution in [3.63, 3.8) is 0 Å². The fourth-order valence-electron chi connectivity index (χ4n) is 2.06. The second-order valence-corrected chi connectivity index (χ2v) is 7.27. The third-order valence-electron chi connectivity index (χ3n) is 3.00. The highest BCUT2D eigenvalue weighted by atomic mass is 32.2. The summed E-state index contributed by atoms with van der Waals surface area (Å²) in [6, 6.07) is 11.2. The van der Waals surface area contributed by atoms with Gasteiger partial charge in [0.25, 0.3) is 0 Å². The third-order valence-corrected chi connectivity index (χ3v) is 6.24. The number of fused-ring (bicyclic) bond motifs is 2. The van der Waals surface area contributed by atoms with Crippen LogP contribution in [0.3, 0.4) is 0 Å². The maximum atomic E-state index is 12.5. The summed E-state index contributed by atoms with van der Waals surface area (Å²) in [5, 5.41) is 0. The summed E-state index contributed by atoms with van der Waals surface area (Å²) in [5.41, 5.74) is 2.07. The van der Waals surface area contributed by atoms with Crippen molar-refractivity contribution >= 4 is 21.6 Å². The molecule has 0 bridgehead atoms. The first kappa shape index (κ1) is 11.8. The van der Waals surface area contributed by atoms with Crippen molar-refractivity contribution in [1.82, 2.24) is 0 Å². The lowest BCUT2D eigenvalue weighted by atomic mass is 10.2. The van der Waals surface area contributed by atoms with E-state index in [9.17, 15) is 8.42 Å². The van der Waals surface area contributed by atoms with Crippen LogP contribution in [-0.2, 0) is 21.6 Å². The molecule has 1 aliphatic rings. The number of aryl methyl sites for hydroxylation is 2. The Bertz CT molecular complexity index is 643. The minimum Gasteiger partial charge on any atom is -0.249 e. The Balaban J connectivity index is 2.31. The van der Waals surface area contributed by atoms with E-state index in [1.165, 1.54) is 0 Å². The molecule has 2 nitrogen and oxygen atoms in total. The van der Waals surface area contributed by atoms with E-state index >= 15 is 0 Å². The molecule has 2 unspecified atom stereocenters. The van der Waals surface area contributed by atoms with Gasteiger partial charge in [-0.3, -0.25) is 0 Å². The van der Waals surface area contributed by atoms with Gasteiger partial charge < -0.3 is 0 Å². The van der Waals surface area contributed by atoms with Crippen molar-refractivity contribution in [2.75, 3.05) is 0 Å². The summed E-state index contributed by atoms with van der Waals surface area (Å²) in [5.74, 6) is 0. The van der Waals surface area contributed by atoms with E-state index in [1.807, 2.05) is 50.2 Å². The largest absolute Gasteiger partial charge is 0.249 e. The van der Waals surface area contributed by atoms with Crippen molar-refractivity contribution in [3.8, 4) is 0 Å². The van der Waals surface area contributed by atoms with Crippen LogP contribution in [0, 0.1) is 13.8 Å². The number of benzene rings is 2. The van der Waals surface area contributed by atoms with Crippen molar-refractivity contribution in [1.29, 1.82) is 0 Å². The molecule has 92 valence electrons. The van der Waals surface area contributed by atoms with Crippen LogP contribution in [0.4, 0.5) is 0 Å². The van der Waals surface area contributed by atoms with Crippen LogP contribution < -0.4 is 0 Å². The zero-order valence-electron chi connectivity index (χ0n) is 10.1. The van der Waals surface area contributed by atoms with E-state index in [4.69, 9.17) is 0 Å². The smallest absolute Gasteiger partial charge is 0.0874 e. The number of rotatable bonds is 0. The Labute approximate surface area is 111 Å². The van der Waals surface area contributed by atoms with Gasteiger partial charge in [0, 0.05) is 0 Å². The van der Waals surface area contributed by atoms with Gasteiger partial charge in [-0.05, 0) is 49.2 Å². The molecule has 0 aliphatic carbocycles. The normalized spacial score (nSPS) is 21.2. The number of hydrogen-bond donors (Lipinski definition) is 0. The molecule has 18 heavy (non-hydrogen) atoms. The molecular formula is C14H12O2S2. The van der Waals surface area contributed by atoms with Gasteiger partial charge in [0.15, 0.2) is 0 Å². The Morgan fingerprint density at radius 3 is 1.44 bits per heavy atom. The number of hydrogen-bond acceptors (Lipinski definition) is 2. The molecule has 0 fully saturated rings. The van der Waals surface area contributed by atoms with E-state index < -0.39 is 21.6 Å². The molecular weight excluding hydrogens is 264 g/mol. The first-order valence-corrected chi connectivity index (χ1v) is 7.93. The van der Waals surface area contributed by atoms with Crippen molar-refractivity contribution in [2.45, 2.75) is 33.4 Å². The van der Waals surface area contributed by atoms with Crippen LogP contribution in [0.25, 0.3) is 0 Å². The molecule has 1 heterocycles. The Morgan fingerprint density at radius 2 is 1.06 bits per heavy atom. The first-order chi connectivity index (χ1) is 8.58. The van der Waals surface area contributed by atoms with Crippen LogP contribution >= 0.6 is 0 Å². The highest BCUT2D eigenvalue weighted by molar-refractivity contribution is 7.91. The zero-order valence-corrected chi connectivity index (χ0v) is 11.7. The van der Waals surface area contributed by atoms with Crippen LogP contribution in [0.1, 0.15) is 11.1 Å². The lowest BCUT2D eigenvalue weighted by molar-refractivity contribution is 0.665. The third kappa shape index (κ3) is 1.68. The fourth-order valence-corrected chi connectivity index (χ4v) is 5.40. The SMILES string of the molecule is Cc1ccc2c(c1)S(=O)c1ccc(C)cc1S2=O. The molecule has 0 N–H and O–H groups in total. The van der Waals surface area contributed by atoms with Gasteiger partial charge in [-0.2, -0.15) is 0 Å². The fraction of sp³-hybridized carbons (Fsp3) is 0.143. The molecule has 3 rings (SSSR count). The first-order valence-electron chi connectivity index (χ1n) is 5.63. The van der Waals surface area contributed by atoms with Gasteiger partial charge >= 0.3 is 0 Å². The summed E-state index contributed by atoms with van der Waals surface area (Å²) in [6.07, 6.45) is 0. The second kappa shape index (κ2) is 4.14. The summed E-state index contributed by atoms with van der Waals surface area (Å²) in [4.78, 5) is 2.73. The minimum absolute atomic E-state index is 0.678. The van der Waals surface area contributed by atoms with E-state index in [0.717, 1.165) is 11.1 Å². The Kier molecular flexibility index (Phi) is 2.72. The van der Waals surface area contributed by atoms with Gasteiger partial charge in [0.05, 0.1) is 41.2 Å². The monoisotopic (exact) mass is 276 g/mol. The van der Waals surface area contributed by atoms with E-state index in [1.54, 1.807) is 0 Å². The lowest BCUT2D eigenvalue weighted by Crippen LogP contribution is -2.11. The van der Waals surface area contributed by atoms with Crippen molar-refractivity contribution < 1.29 is 8.42 Å². The van der Waals surface area contributed by atoms with Gasteiger partial charge in [-0.15, -0.1) is 0 Å². The maximum absolute atomic E-state index is 12.5. The van der Waals surface area contributed by atoms with E-state index in [0.29, 0.717) is 19.6 Å². The van der Waals surface area contributed by atoms with Gasteiger partial charge in [0.2, 0.25) is 0 Å². The highest BCUT2D eigenvalue weighted by Crippen LogP contribution is 2.36. The van der Waals surface area contributed by atoms with Crippen LogP contribution in [0.2, 0.25) is 0 Å². The Hall–Kier alpha value is -1.26. The molecule has 0 aromatic heterocycles. The average molecular weight is 276 g/mol. The predicted molar refractivity (Wildman–Crippen MR) is 71.7 cm³/mol. The molecule has 1 aliphatic heterocycles. The quantitative estimate of drug-likeness (QED) is 0.632. The van der Waals surface area contributed by atoms with E-state index in [-0.39, 0.29) is 0 Å². The molecule has 2 aromatic carbocycles. The molecule has 2 aromatic rings.